The Morgan fingerprint density at radius 3 is 2.75 bits per heavy atom. The van der Waals surface area contributed by atoms with E-state index in [-0.39, 0.29) is 0 Å². The maximum absolute atomic E-state index is 11.8. The lowest BCUT2D eigenvalue weighted by atomic mass is 9.92. The summed E-state index contributed by atoms with van der Waals surface area (Å²) < 4.78 is 31.1. The summed E-state index contributed by atoms with van der Waals surface area (Å²) >= 11 is 0. The van der Waals surface area contributed by atoms with E-state index in [1.165, 1.54) is 16.1 Å². The fourth-order valence-electron chi connectivity index (χ4n) is 4.43. The van der Waals surface area contributed by atoms with Crippen molar-refractivity contribution in [1.82, 2.24) is 24.5 Å². The van der Waals surface area contributed by atoms with Gasteiger partial charge in [-0.1, -0.05) is 11.2 Å². The molecule has 2 aliphatic rings. The number of fused-ring (bicyclic) bond motifs is 1. The van der Waals surface area contributed by atoms with E-state index in [0.717, 1.165) is 56.5 Å². The molecule has 0 radical (unpaired) electrons. The Hall–Kier alpha value is -2.24. The van der Waals surface area contributed by atoms with Crippen LogP contribution in [0.5, 0.6) is 5.75 Å². The number of tetrazole rings is 1. The molecule has 2 aromatic rings. The van der Waals surface area contributed by atoms with Gasteiger partial charge in [-0.25, -0.2) is 8.42 Å². The largest absolute Gasteiger partial charge is 0.494 e. The summed E-state index contributed by atoms with van der Waals surface area (Å²) in [5, 5.41) is 12.6. The molecule has 1 aromatic carbocycles. The molecule has 32 heavy (non-hydrogen) atoms. The number of benzene rings is 1. The second kappa shape index (κ2) is 10.1. The quantitative estimate of drug-likeness (QED) is 0.548. The Balaban J connectivity index is 1.17. The lowest BCUT2D eigenvalue weighted by Gasteiger charge is -2.30. The van der Waals surface area contributed by atoms with Gasteiger partial charge in [0.25, 0.3) is 5.95 Å². The molecular formula is C21H33N7O3S. The number of hydrogen-bond donors (Lipinski definition) is 1. The number of nitrogens with zero attached hydrogens (tertiary/aromatic N) is 6. The van der Waals surface area contributed by atoms with Crippen LogP contribution in [0.15, 0.2) is 18.2 Å². The van der Waals surface area contributed by atoms with Crippen LogP contribution in [0.3, 0.4) is 0 Å². The first-order valence-corrected chi connectivity index (χ1v) is 13.2. The van der Waals surface area contributed by atoms with E-state index >= 15 is 0 Å². The van der Waals surface area contributed by atoms with Gasteiger partial charge in [-0.15, -0.1) is 5.10 Å². The van der Waals surface area contributed by atoms with E-state index in [4.69, 9.17) is 10.5 Å². The Morgan fingerprint density at radius 2 is 2.00 bits per heavy atom. The Morgan fingerprint density at radius 1 is 1.19 bits per heavy atom. The highest BCUT2D eigenvalue weighted by Gasteiger charge is 2.24. The number of piperidine rings is 1. The van der Waals surface area contributed by atoms with Crippen LogP contribution >= 0.6 is 0 Å². The predicted octanol–water partition coefficient (Wildman–Crippen LogP) is 1.03. The highest BCUT2D eigenvalue weighted by molar-refractivity contribution is 7.88. The average Bonchev–Trinajstić information content (AvgIpc) is 3.25. The highest BCUT2D eigenvalue weighted by atomic mass is 32.2. The smallest absolute Gasteiger partial charge is 0.266 e. The van der Waals surface area contributed by atoms with Gasteiger partial charge in [0.05, 0.1) is 19.4 Å². The van der Waals surface area contributed by atoms with Crippen molar-refractivity contribution in [2.24, 2.45) is 11.7 Å². The third-order valence-corrected chi connectivity index (χ3v) is 7.57. The second-order valence-corrected chi connectivity index (χ2v) is 10.7. The van der Waals surface area contributed by atoms with Crippen molar-refractivity contribution in [3.05, 3.63) is 29.3 Å². The third-order valence-electron chi connectivity index (χ3n) is 6.32. The molecule has 1 fully saturated rings. The average molecular weight is 464 g/mol. The van der Waals surface area contributed by atoms with Gasteiger partial charge < -0.3 is 15.4 Å². The molecule has 0 aliphatic carbocycles. The number of sulfonamides is 1. The zero-order valence-corrected chi connectivity index (χ0v) is 19.5. The van der Waals surface area contributed by atoms with Crippen LogP contribution in [0.2, 0.25) is 0 Å². The molecule has 176 valence electrons. The van der Waals surface area contributed by atoms with Crippen molar-refractivity contribution in [3.63, 3.8) is 0 Å². The van der Waals surface area contributed by atoms with Crippen LogP contribution in [0, 0.1) is 5.92 Å². The van der Waals surface area contributed by atoms with E-state index in [2.05, 4.69) is 26.4 Å². The van der Waals surface area contributed by atoms with Gasteiger partial charge in [0, 0.05) is 32.7 Å². The lowest BCUT2D eigenvalue weighted by molar-refractivity contribution is 0.278. The molecule has 0 saturated carbocycles. The molecule has 2 N–H and O–H groups in total. The number of aromatic nitrogens is 4. The number of ether oxygens (including phenoxy) is 1. The van der Waals surface area contributed by atoms with Crippen molar-refractivity contribution < 1.29 is 13.2 Å². The molecule has 0 amide bonds. The highest BCUT2D eigenvalue weighted by Crippen LogP contribution is 2.26. The molecular weight excluding hydrogens is 430 g/mol. The molecule has 1 aromatic heterocycles. The number of rotatable bonds is 9. The summed E-state index contributed by atoms with van der Waals surface area (Å²) in [7, 11) is -3.14. The van der Waals surface area contributed by atoms with Crippen molar-refractivity contribution in [1.29, 1.82) is 0 Å². The van der Waals surface area contributed by atoms with E-state index in [1.54, 1.807) is 4.80 Å². The maximum Gasteiger partial charge on any atom is 0.266 e. The summed E-state index contributed by atoms with van der Waals surface area (Å²) in [4.78, 5) is 3.76. The van der Waals surface area contributed by atoms with Crippen molar-refractivity contribution in [3.8, 4) is 5.75 Å². The Kier molecular flexibility index (Phi) is 7.27. The first kappa shape index (κ1) is 22.9. The van der Waals surface area contributed by atoms with Gasteiger partial charge in [-0.05, 0) is 66.5 Å². The van der Waals surface area contributed by atoms with Crippen molar-refractivity contribution >= 4 is 16.0 Å². The molecule has 11 heteroatoms. The van der Waals surface area contributed by atoms with Crippen LogP contribution in [-0.4, -0.2) is 72.0 Å². The summed E-state index contributed by atoms with van der Waals surface area (Å²) in [6.07, 6.45) is 6.42. The monoisotopic (exact) mass is 463 g/mol. The normalized spacial score (nSPS) is 18.0. The van der Waals surface area contributed by atoms with Gasteiger partial charge in [0.1, 0.15) is 5.75 Å². The lowest BCUT2D eigenvalue weighted by Crippen LogP contribution is -2.35. The summed E-state index contributed by atoms with van der Waals surface area (Å²) in [6, 6.07) is 6.02. The fourth-order valence-corrected chi connectivity index (χ4v) is 5.23. The van der Waals surface area contributed by atoms with E-state index in [1.807, 2.05) is 12.1 Å². The summed E-state index contributed by atoms with van der Waals surface area (Å²) in [5.74, 6) is 2.27. The maximum atomic E-state index is 11.8. The van der Waals surface area contributed by atoms with Crippen molar-refractivity contribution in [2.45, 2.75) is 45.2 Å². The molecule has 4 rings (SSSR count). The molecule has 3 heterocycles. The SMILES string of the molecule is CS(=O)(=O)N1CCc2cc(OCCCC3CCN(c4nnn(CCN)n4)CC3)ccc2C1. The van der Waals surface area contributed by atoms with Gasteiger partial charge in [0.2, 0.25) is 10.0 Å². The van der Waals surface area contributed by atoms with Gasteiger partial charge >= 0.3 is 0 Å². The van der Waals surface area contributed by atoms with E-state index in [9.17, 15) is 8.42 Å². The van der Waals surface area contributed by atoms with Crippen molar-refractivity contribution in [2.75, 3.05) is 43.9 Å². The standard InChI is InChI=1S/C21H33N7O3S/c1-32(29,30)27-12-8-18-15-20(5-4-19(18)16-27)31-14-2-3-17-6-10-26(11-7-17)21-23-25-28(24-21)13-9-22/h4-5,15,17H,2-3,6-14,16,22H2,1H3. The minimum absolute atomic E-state index is 0.450. The van der Waals surface area contributed by atoms with Crippen LogP contribution in [-0.2, 0) is 29.5 Å². The molecule has 0 bridgehead atoms. The Bertz CT molecular complexity index is 1000. The third kappa shape index (κ3) is 5.76. The van der Waals surface area contributed by atoms with Crippen LogP contribution in [0.25, 0.3) is 0 Å². The molecule has 1 saturated heterocycles. The van der Waals surface area contributed by atoms with Crippen LogP contribution < -0.4 is 15.4 Å². The number of nitrogens with two attached hydrogens (primary N) is 1. The topological polar surface area (TPSA) is 119 Å². The number of anilines is 1. The Labute approximate surface area is 189 Å². The summed E-state index contributed by atoms with van der Waals surface area (Å²) in [5.41, 5.74) is 7.79. The zero-order valence-electron chi connectivity index (χ0n) is 18.7. The minimum atomic E-state index is -3.14. The van der Waals surface area contributed by atoms with Crippen LogP contribution in [0.4, 0.5) is 5.95 Å². The molecule has 2 aliphatic heterocycles. The second-order valence-electron chi connectivity index (χ2n) is 8.67. The van der Waals surface area contributed by atoms with E-state index in [0.29, 0.717) is 44.7 Å². The molecule has 0 spiro atoms. The summed E-state index contributed by atoms with van der Waals surface area (Å²) in [6.45, 7) is 4.69. The minimum Gasteiger partial charge on any atom is -0.494 e. The number of hydrogen-bond acceptors (Lipinski definition) is 8. The first-order chi connectivity index (χ1) is 15.4. The fraction of sp³-hybridized carbons (Fsp3) is 0.667. The molecule has 0 atom stereocenters. The van der Waals surface area contributed by atoms with E-state index < -0.39 is 10.0 Å². The van der Waals surface area contributed by atoms with Crippen LogP contribution in [0.1, 0.15) is 36.8 Å². The zero-order chi connectivity index (χ0) is 22.6. The molecule has 10 nitrogen and oxygen atoms in total. The van der Waals surface area contributed by atoms with Gasteiger partial charge in [0.15, 0.2) is 0 Å². The van der Waals surface area contributed by atoms with Gasteiger partial charge in [-0.3, -0.25) is 0 Å². The predicted molar refractivity (Wildman–Crippen MR) is 122 cm³/mol. The van der Waals surface area contributed by atoms with Gasteiger partial charge in [-0.2, -0.15) is 9.10 Å². The first-order valence-electron chi connectivity index (χ1n) is 11.3. The molecule has 0 unspecified atom stereocenters.